The Morgan fingerprint density at radius 2 is 1.29 bits per heavy atom. The van der Waals surface area contributed by atoms with Gasteiger partial charge in [-0.05, 0) is 48.0 Å². The highest BCUT2D eigenvalue weighted by Crippen LogP contribution is 2.28. The minimum absolute atomic E-state index is 0.0764. The van der Waals surface area contributed by atoms with Crippen LogP contribution in [-0.2, 0) is 14.9 Å². The lowest BCUT2D eigenvalue weighted by atomic mass is 10.0. The summed E-state index contributed by atoms with van der Waals surface area (Å²) >= 11 is 0. The van der Waals surface area contributed by atoms with E-state index in [2.05, 4.69) is 5.10 Å². The normalized spacial score (nSPS) is 14.7. The van der Waals surface area contributed by atoms with E-state index in [1.54, 1.807) is 48.5 Å². The van der Waals surface area contributed by atoms with Crippen molar-refractivity contribution >= 4 is 33.5 Å². The average Bonchev–Trinajstić information content (AvgIpc) is 3.22. The lowest BCUT2D eigenvalue weighted by Crippen LogP contribution is -2.21. The maximum atomic E-state index is 13.3. The van der Waals surface area contributed by atoms with Gasteiger partial charge in [0.1, 0.15) is 16.4 Å². The molecule has 0 atom stereocenters. The van der Waals surface area contributed by atoms with Crippen LogP contribution >= 0.6 is 0 Å². The van der Waals surface area contributed by atoms with E-state index < -0.39 is 10.1 Å². The average molecular weight is 481 g/mol. The van der Waals surface area contributed by atoms with E-state index in [-0.39, 0.29) is 16.6 Å². The molecular weight excluding hydrogens is 460 g/mol. The van der Waals surface area contributed by atoms with E-state index in [1.165, 1.54) is 17.1 Å². The summed E-state index contributed by atoms with van der Waals surface area (Å²) in [7, 11) is -3.94. The standard InChI is InChI=1S/C28H20N2O4S/c31-28-26(27(22-10-4-1-5-11-22)29-30(28)23-12-6-2-7-13-23)20-21-16-18-24(19-17-21)34-35(32,33)25-14-8-3-9-15-25/h1-20H/b26-20-. The van der Waals surface area contributed by atoms with E-state index in [0.29, 0.717) is 22.5 Å². The summed E-state index contributed by atoms with van der Waals surface area (Å²) in [5.74, 6) is -0.0707. The smallest absolute Gasteiger partial charge is 0.339 e. The van der Waals surface area contributed by atoms with E-state index in [0.717, 1.165) is 5.56 Å². The van der Waals surface area contributed by atoms with Crippen LogP contribution in [0, 0.1) is 0 Å². The Bertz CT molecular complexity index is 1510. The van der Waals surface area contributed by atoms with Crippen molar-refractivity contribution in [2.75, 3.05) is 5.01 Å². The fourth-order valence-corrected chi connectivity index (χ4v) is 4.60. The van der Waals surface area contributed by atoms with Crippen molar-refractivity contribution in [2.24, 2.45) is 5.10 Å². The van der Waals surface area contributed by atoms with Crippen LogP contribution in [0.1, 0.15) is 11.1 Å². The van der Waals surface area contributed by atoms with Gasteiger partial charge in [0.15, 0.2) is 0 Å². The van der Waals surface area contributed by atoms with Crippen molar-refractivity contribution in [1.29, 1.82) is 0 Å². The van der Waals surface area contributed by atoms with Gasteiger partial charge in [0.25, 0.3) is 5.91 Å². The lowest BCUT2D eigenvalue weighted by Gasteiger charge is -2.11. The van der Waals surface area contributed by atoms with E-state index in [9.17, 15) is 13.2 Å². The van der Waals surface area contributed by atoms with Crippen LogP contribution in [0.25, 0.3) is 6.08 Å². The summed E-state index contributed by atoms with van der Waals surface area (Å²) in [4.78, 5) is 13.4. The Balaban J connectivity index is 1.45. The predicted octanol–water partition coefficient (Wildman–Crippen LogP) is 5.29. The van der Waals surface area contributed by atoms with Crippen LogP contribution < -0.4 is 9.19 Å². The number of rotatable bonds is 6. The number of carbonyl (C=O) groups is 1. The SMILES string of the molecule is O=C1/C(=C\c2ccc(OS(=O)(=O)c3ccccc3)cc2)C(c2ccccc2)=NN1c1ccccc1. The first kappa shape index (κ1) is 22.3. The molecule has 1 aliphatic rings. The van der Waals surface area contributed by atoms with Crippen LogP contribution in [0.4, 0.5) is 5.69 Å². The second-order valence-electron chi connectivity index (χ2n) is 7.74. The molecule has 0 spiro atoms. The molecule has 7 heteroatoms. The van der Waals surface area contributed by atoms with Gasteiger partial charge in [0, 0.05) is 5.56 Å². The Kier molecular flexibility index (Phi) is 5.99. The second-order valence-corrected chi connectivity index (χ2v) is 9.29. The lowest BCUT2D eigenvalue weighted by molar-refractivity contribution is -0.114. The first-order valence-electron chi connectivity index (χ1n) is 10.9. The third kappa shape index (κ3) is 4.76. The van der Waals surface area contributed by atoms with Gasteiger partial charge in [0.2, 0.25) is 0 Å². The van der Waals surface area contributed by atoms with Crippen LogP contribution in [0.15, 0.2) is 131 Å². The second kappa shape index (κ2) is 9.40. The van der Waals surface area contributed by atoms with Crippen LogP contribution in [0.3, 0.4) is 0 Å². The van der Waals surface area contributed by atoms with Gasteiger partial charge in [-0.2, -0.15) is 18.5 Å². The predicted molar refractivity (Wildman–Crippen MR) is 136 cm³/mol. The number of benzene rings is 4. The van der Waals surface area contributed by atoms with Crippen molar-refractivity contribution in [1.82, 2.24) is 0 Å². The molecule has 0 aliphatic carbocycles. The highest BCUT2D eigenvalue weighted by molar-refractivity contribution is 7.87. The van der Waals surface area contributed by atoms with Crippen molar-refractivity contribution in [3.63, 3.8) is 0 Å². The molecule has 1 amide bonds. The minimum Gasteiger partial charge on any atom is -0.379 e. The largest absolute Gasteiger partial charge is 0.379 e. The Labute approximate surface area is 203 Å². The van der Waals surface area contributed by atoms with Gasteiger partial charge in [-0.3, -0.25) is 4.79 Å². The van der Waals surface area contributed by atoms with E-state index >= 15 is 0 Å². The first-order chi connectivity index (χ1) is 17.0. The number of para-hydroxylation sites is 1. The molecular formula is C28H20N2O4S. The van der Waals surface area contributed by atoms with Crippen LogP contribution in [-0.4, -0.2) is 20.0 Å². The molecule has 5 rings (SSSR count). The highest BCUT2D eigenvalue weighted by atomic mass is 32.2. The molecule has 0 bridgehead atoms. The zero-order valence-corrected chi connectivity index (χ0v) is 19.3. The Morgan fingerprint density at radius 3 is 1.91 bits per heavy atom. The molecule has 0 aromatic heterocycles. The van der Waals surface area contributed by atoms with Crippen molar-refractivity contribution in [3.05, 3.63) is 132 Å². The zero-order valence-electron chi connectivity index (χ0n) is 18.5. The molecule has 0 N–H and O–H groups in total. The number of nitrogens with zero attached hydrogens (tertiary/aromatic N) is 2. The summed E-state index contributed by atoms with van der Waals surface area (Å²) in [6, 6.07) is 33.2. The molecule has 0 radical (unpaired) electrons. The molecule has 4 aromatic carbocycles. The first-order valence-corrected chi connectivity index (χ1v) is 12.3. The van der Waals surface area contributed by atoms with Crippen LogP contribution in [0.5, 0.6) is 5.75 Å². The van der Waals surface area contributed by atoms with Gasteiger partial charge in [-0.15, -0.1) is 0 Å². The monoisotopic (exact) mass is 480 g/mol. The van der Waals surface area contributed by atoms with Crippen LogP contribution in [0.2, 0.25) is 0 Å². The number of hydrogen-bond donors (Lipinski definition) is 0. The number of carbonyl (C=O) groups excluding carboxylic acids is 1. The van der Waals surface area contributed by atoms with Crippen molar-refractivity contribution < 1.29 is 17.4 Å². The molecule has 0 unspecified atom stereocenters. The fourth-order valence-electron chi connectivity index (χ4n) is 3.65. The van der Waals surface area contributed by atoms with Gasteiger partial charge >= 0.3 is 10.1 Å². The number of anilines is 1. The van der Waals surface area contributed by atoms with Gasteiger partial charge in [-0.1, -0.05) is 78.9 Å². The molecule has 0 saturated carbocycles. The Morgan fingerprint density at radius 1 is 0.714 bits per heavy atom. The third-order valence-corrected chi connectivity index (χ3v) is 6.62. The van der Waals surface area contributed by atoms with E-state index in [4.69, 9.17) is 4.18 Å². The highest BCUT2D eigenvalue weighted by Gasteiger charge is 2.31. The molecule has 1 aliphatic heterocycles. The van der Waals surface area contributed by atoms with Crippen molar-refractivity contribution in [2.45, 2.75) is 4.90 Å². The van der Waals surface area contributed by atoms with E-state index in [1.807, 2.05) is 60.7 Å². The molecule has 6 nitrogen and oxygen atoms in total. The maximum absolute atomic E-state index is 13.3. The number of amides is 1. The summed E-state index contributed by atoms with van der Waals surface area (Å²) in [6.45, 7) is 0. The summed E-state index contributed by atoms with van der Waals surface area (Å²) in [5, 5.41) is 6.00. The minimum atomic E-state index is -3.94. The van der Waals surface area contributed by atoms with Gasteiger partial charge in [-0.25, -0.2) is 0 Å². The van der Waals surface area contributed by atoms with Gasteiger partial charge in [0.05, 0.1) is 11.3 Å². The summed E-state index contributed by atoms with van der Waals surface area (Å²) < 4.78 is 30.2. The number of hydrazone groups is 1. The maximum Gasteiger partial charge on any atom is 0.339 e. The zero-order chi connectivity index (χ0) is 24.3. The number of hydrogen-bond acceptors (Lipinski definition) is 5. The quantitative estimate of drug-likeness (QED) is 0.278. The molecule has 0 saturated heterocycles. The molecule has 172 valence electrons. The third-order valence-electron chi connectivity index (χ3n) is 5.35. The van der Waals surface area contributed by atoms with Gasteiger partial charge < -0.3 is 4.18 Å². The molecule has 1 heterocycles. The molecule has 35 heavy (non-hydrogen) atoms. The fraction of sp³-hybridized carbons (Fsp3) is 0. The Hall–Kier alpha value is -4.49. The summed E-state index contributed by atoms with van der Waals surface area (Å²) in [5.41, 5.74) is 3.19. The summed E-state index contributed by atoms with van der Waals surface area (Å²) in [6.07, 6.45) is 1.74. The topological polar surface area (TPSA) is 76.0 Å². The molecule has 4 aromatic rings. The van der Waals surface area contributed by atoms with Crippen molar-refractivity contribution in [3.8, 4) is 5.75 Å². The molecule has 0 fully saturated rings.